The molecule has 1 aromatic carbocycles. The number of nitrogens with zero attached hydrogens (tertiary/aromatic N) is 5. The molecule has 2 aromatic rings. The van der Waals surface area contributed by atoms with Crippen LogP contribution in [-0.2, 0) is 11.3 Å². The van der Waals surface area contributed by atoms with E-state index < -0.39 is 0 Å². The van der Waals surface area contributed by atoms with Crippen LogP contribution in [0.15, 0.2) is 47.7 Å². The number of hydrogen-bond acceptors (Lipinski definition) is 5. The first-order valence-electron chi connectivity index (χ1n) is 11.2. The van der Waals surface area contributed by atoms with Gasteiger partial charge < -0.3 is 20.4 Å². The Morgan fingerprint density at radius 1 is 1.13 bits per heavy atom. The minimum absolute atomic E-state index is 0.139. The highest BCUT2D eigenvalue weighted by molar-refractivity contribution is 5.93. The number of hydrogen-bond donors (Lipinski definition) is 2. The van der Waals surface area contributed by atoms with Gasteiger partial charge in [-0.15, -0.1) is 0 Å². The van der Waals surface area contributed by atoms with Gasteiger partial charge in [-0.3, -0.25) is 4.79 Å². The van der Waals surface area contributed by atoms with E-state index in [9.17, 15) is 4.79 Å². The van der Waals surface area contributed by atoms with Crippen molar-refractivity contribution in [3.05, 3.63) is 48.3 Å². The van der Waals surface area contributed by atoms with Gasteiger partial charge in [0.05, 0.1) is 6.54 Å². The summed E-state index contributed by atoms with van der Waals surface area (Å²) in [5.74, 6) is 2.02. The summed E-state index contributed by atoms with van der Waals surface area (Å²) < 4.78 is 0. The lowest BCUT2D eigenvalue weighted by atomic mass is 9.85. The summed E-state index contributed by atoms with van der Waals surface area (Å²) in [7, 11) is 0. The molecule has 1 amide bonds. The zero-order chi connectivity index (χ0) is 21.5. The maximum atomic E-state index is 12.2. The molecule has 2 aliphatic rings. The highest BCUT2D eigenvalue weighted by Crippen LogP contribution is 2.27. The third-order valence-electron chi connectivity index (χ3n) is 5.83. The second kappa shape index (κ2) is 10.2. The van der Waals surface area contributed by atoms with E-state index in [1.54, 1.807) is 12.4 Å². The van der Waals surface area contributed by atoms with E-state index in [0.717, 1.165) is 75.1 Å². The third-order valence-corrected chi connectivity index (χ3v) is 5.83. The zero-order valence-corrected chi connectivity index (χ0v) is 18.1. The molecule has 1 aliphatic carbocycles. The molecule has 2 N–H and O–H groups in total. The fraction of sp³-hybridized carbons (Fsp3) is 0.478. The molecule has 0 radical (unpaired) electrons. The Balaban J connectivity index is 1.36. The van der Waals surface area contributed by atoms with Gasteiger partial charge >= 0.3 is 0 Å². The van der Waals surface area contributed by atoms with Crippen LogP contribution >= 0.6 is 0 Å². The number of aromatic nitrogens is 2. The summed E-state index contributed by atoms with van der Waals surface area (Å²) in [6, 6.07) is 9.83. The Labute approximate surface area is 183 Å². The molecule has 0 spiro atoms. The number of carbonyl (C=O) groups excluding carboxylic acids is 1. The number of amides is 1. The largest absolute Gasteiger partial charge is 0.357 e. The number of piperazine rings is 1. The molecule has 0 bridgehead atoms. The van der Waals surface area contributed by atoms with Gasteiger partial charge in [-0.05, 0) is 43.5 Å². The molecule has 1 aromatic heterocycles. The average Bonchev–Trinajstić information content (AvgIpc) is 2.76. The summed E-state index contributed by atoms with van der Waals surface area (Å²) in [4.78, 5) is 30.3. The highest BCUT2D eigenvalue weighted by Gasteiger charge is 2.25. The van der Waals surface area contributed by atoms with Gasteiger partial charge in [0.15, 0.2) is 5.96 Å². The van der Waals surface area contributed by atoms with Crippen LogP contribution in [0.1, 0.15) is 31.7 Å². The molecule has 8 heteroatoms. The molecule has 1 saturated heterocycles. The predicted octanol–water partition coefficient (Wildman–Crippen LogP) is 2.50. The van der Waals surface area contributed by atoms with Gasteiger partial charge in [-0.2, -0.15) is 0 Å². The summed E-state index contributed by atoms with van der Waals surface area (Å²) in [5, 5.41) is 6.46. The second-order valence-electron chi connectivity index (χ2n) is 8.01. The van der Waals surface area contributed by atoms with E-state index in [1.165, 1.54) is 0 Å². The summed E-state index contributed by atoms with van der Waals surface area (Å²) >= 11 is 0. The summed E-state index contributed by atoms with van der Waals surface area (Å²) in [5.41, 5.74) is 1.93. The van der Waals surface area contributed by atoms with Crippen molar-refractivity contribution in [3.8, 4) is 0 Å². The molecule has 164 valence electrons. The molecular weight excluding hydrogens is 390 g/mol. The third kappa shape index (κ3) is 5.51. The van der Waals surface area contributed by atoms with Gasteiger partial charge in [0.25, 0.3) is 0 Å². The monoisotopic (exact) mass is 421 g/mol. The van der Waals surface area contributed by atoms with Crippen molar-refractivity contribution in [3.63, 3.8) is 0 Å². The first-order chi connectivity index (χ1) is 15.2. The average molecular weight is 422 g/mol. The van der Waals surface area contributed by atoms with Crippen molar-refractivity contribution in [1.82, 2.24) is 20.2 Å². The number of anilines is 2. The Bertz CT molecular complexity index is 890. The molecule has 31 heavy (non-hydrogen) atoms. The van der Waals surface area contributed by atoms with Gasteiger partial charge in [0.2, 0.25) is 11.9 Å². The van der Waals surface area contributed by atoms with Crippen LogP contribution in [0.4, 0.5) is 11.6 Å². The molecule has 2 fully saturated rings. The Kier molecular flexibility index (Phi) is 6.96. The van der Waals surface area contributed by atoms with Crippen LogP contribution < -0.4 is 15.5 Å². The molecule has 2 heterocycles. The molecule has 1 saturated carbocycles. The second-order valence-corrected chi connectivity index (χ2v) is 8.01. The number of carbonyl (C=O) groups is 1. The van der Waals surface area contributed by atoms with Crippen LogP contribution in [-0.4, -0.2) is 59.5 Å². The molecule has 1 aliphatic heterocycles. The maximum absolute atomic E-state index is 12.2. The van der Waals surface area contributed by atoms with Gasteiger partial charge in [0.1, 0.15) is 0 Å². The van der Waals surface area contributed by atoms with Crippen LogP contribution in [0.25, 0.3) is 0 Å². The van der Waals surface area contributed by atoms with Crippen LogP contribution in [0.2, 0.25) is 0 Å². The quantitative estimate of drug-likeness (QED) is 0.551. The first kappa shape index (κ1) is 21.1. The fourth-order valence-electron chi connectivity index (χ4n) is 3.83. The number of rotatable bonds is 6. The van der Waals surface area contributed by atoms with E-state index in [0.29, 0.717) is 6.54 Å². The molecular formula is C23H31N7O. The number of nitrogens with one attached hydrogen (secondary N) is 2. The van der Waals surface area contributed by atoms with Crippen molar-refractivity contribution in [2.45, 2.75) is 32.7 Å². The summed E-state index contributed by atoms with van der Waals surface area (Å²) in [6.45, 7) is 6.91. The van der Waals surface area contributed by atoms with Crippen molar-refractivity contribution in [2.75, 3.05) is 42.9 Å². The lowest BCUT2D eigenvalue weighted by Crippen LogP contribution is -2.52. The van der Waals surface area contributed by atoms with Gasteiger partial charge in [-0.1, -0.05) is 18.6 Å². The Morgan fingerprint density at radius 2 is 1.90 bits per heavy atom. The molecule has 4 rings (SSSR count). The van der Waals surface area contributed by atoms with Crippen LogP contribution in [0.3, 0.4) is 0 Å². The first-order valence-corrected chi connectivity index (χ1v) is 11.2. The van der Waals surface area contributed by atoms with Gasteiger partial charge in [-0.25, -0.2) is 15.0 Å². The Hall–Kier alpha value is -3.16. The van der Waals surface area contributed by atoms with E-state index in [2.05, 4.69) is 43.4 Å². The SMILES string of the molecule is CCNC(=NCc1cccc(NC(=O)C2CCC2)c1)N1CCN(c2ncccn2)CC1. The van der Waals surface area contributed by atoms with Gasteiger partial charge in [0, 0.05) is 56.7 Å². The predicted molar refractivity (Wildman–Crippen MR) is 123 cm³/mol. The lowest BCUT2D eigenvalue weighted by molar-refractivity contribution is -0.122. The standard InChI is InChI=1S/C23H31N7O/c1-2-24-22(29-12-14-30(15-13-29)23-25-10-5-11-26-23)27-17-18-6-3-9-20(16-18)28-21(31)19-7-4-8-19/h3,5-6,9-11,16,19H,2,4,7-8,12-15,17H2,1H3,(H,24,27)(H,28,31). The zero-order valence-electron chi connectivity index (χ0n) is 18.1. The van der Waals surface area contributed by atoms with Crippen molar-refractivity contribution >= 4 is 23.5 Å². The van der Waals surface area contributed by atoms with Crippen LogP contribution in [0.5, 0.6) is 0 Å². The van der Waals surface area contributed by atoms with Crippen LogP contribution in [0, 0.1) is 5.92 Å². The van der Waals surface area contributed by atoms with E-state index in [4.69, 9.17) is 4.99 Å². The normalized spacial score (nSPS) is 17.3. The Morgan fingerprint density at radius 3 is 2.58 bits per heavy atom. The number of guanidine groups is 1. The molecule has 0 unspecified atom stereocenters. The van der Waals surface area contributed by atoms with E-state index in [-0.39, 0.29) is 11.8 Å². The highest BCUT2D eigenvalue weighted by atomic mass is 16.1. The minimum Gasteiger partial charge on any atom is -0.357 e. The number of aliphatic imine (C=N–C) groups is 1. The van der Waals surface area contributed by atoms with Crippen molar-refractivity contribution < 1.29 is 4.79 Å². The fourth-order valence-corrected chi connectivity index (χ4v) is 3.83. The molecule has 0 atom stereocenters. The molecule has 8 nitrogen and oxygen atoms in total. The van der Waals surface area contributed by atoms with E-state index in [1.807, 2.05) is 24.3 Å². The minimum atomic E-state index is 0.139. The summed E-state index contributed by atoms with van der Waals surface area (Å²) in [6.07, 6.45) is 6.73. The van der Waals surface area contributed by atoms with Crippen molar-refractivity contribution in [1.29, 1.82) is 0 Å². The maximum Gasteiger partial charge on any atom is 0.227 e. The number of benzene rings is 1. The van der Waals surface area contributed by atoms with Crippen molar-refractivity contribution in [2.24, 2.45) is 10.9 Å². The lowest BCUT2D eigenvalue weighted by Gasteiger charge is -2.36. The van der Waals surface area contributed by atoms with E-state index >= 15 is 0 Å². The topological polar surface area (TPSA) is 85.8 Å². The smallest absolute Gasteiger partial charge is 0.227 e.